The number of hydrogen-bond acceptors (Lipinski definition) is 8. The fourth-order valence-corrected chi connectivity index (χ4v) is 3.83. The van der Waals surface area contributed by atoms with Crippen molar-refractivity contribution in [3.8, 4) is 0 Å². The second-order valence-electron chi connectivity index (χ2n) is 7.37. The topological polar surface area (TPSA) is 129 Å². The molecule has 1 aliphatic rings. The van der Waals surface area contributed by atoms with Crippen LogP contribution in [-0.4, -0.2) is 63.9 Å². The van der Waals surface area contributed by atoms with Crippen molar-refractivity contribution < 1.29 is 9.59 Å². The lowest BCUT2D eigenvalue weighted by atomic mass is 9.99. The van der Waals surface area contributed by atoms with Gasteiger partial charge in [-0.3, -0.25) is 4.79 Å². The molecule has 0 saturated carbocycles. The Balaban J connectivity index is 1.85. The largest absolute Gasteiger partial charge is 0.364 e. The summed E-state index contributed by atoms with van der Waals surface area (Å²) in [6.45, 7) is 4.59. The van der Waals surface area contributed by atoms with Gasteiger partial charge in [0.25, 0.3) is 5.91 Å². The molecule has 29 heavy (non-hydrogen) atoms. The van der Waals surface area contributed by atoms with Crippen LogP contribution in [0.15, 0.2) is 12.3 Å². The number of nitrogens with two attached hydrogens (primary N) is 1. The number of anilines is 3. The van der Waals surface area contributed by atoms with E-state index < -0.39 is 5.91 Å². The molecule has 0 spiro atoms. The third-order valence-corrected chi connectivity index (χ3v) is 5.57. The number of amides is 3. The molecular weight excluding hydrogens is 392 g/mol. The summed E-state index contributed by atoms with van der Waals surface area (Å²) >= 11 is 1.27. The Kier molecular flexibility index (Phi) is 6.16. The van der Waals surface area contributed by atoms with E-state index in [4.69, 9.17) is 5.73 Å². The third kappa shape index (κ3) is 4.91. The first-order valence-electron chi connectivity index (χ1n) is 9.36. The Bertz CT molecular complexity index is 900. The van der Waals surface area contributed by atoms with Gasteiger partial charge in [0.15, 0.2) is 11.5 Å². The van der Waals surface area contributed by atoms with Crippen molar-refractivity contribution in [2.24, 2.45) is 5.73 Å². The van der Waals surface area contributed by atoms with Gasteiger partial charge in [-0.15, -0.1) is 0 Å². The van der Waals surface area contributed by atoms with Gasteiger partial charge in [-0.25, -0.2) is 14.8 Å². The molecule has 0 aromatic carbocycles. The van der Waals surface area contributed by atoms with Gasteiger partial charge >= 0.3 is 6.03 Å². The molecule has 1 fully saturated rings. The van der Waals surface area contributed by atoms with Gasteiger partial charge in [0, 0.05) is 32.7 Å². The molecule has 0 radical (unpaired) electrons. The molecule has 0 aliphatic carbocycles. The van der Waals surface area contributed by atoms with Gasteiger partial charge in [0.2, 0.25) is 0 Å². The lowest BCUT2D eigenvalue weighted by Crippen LogP contribution is -2.53. The van der Waals surface area contributed by atoms with Crippen molar-refractivity contribution in [2.45, 2.75) is 38.8 Å². The van der Waals surface area contributed by atoms with E-state index in [0.717, 1.165) is 23.5 Å². The number of primary amides is 1. The molecule has 10 nitrogen and oxygen atoms in total. The van der Waals surface area contributed by atoms with Crippen molar-refractivity contribution >= 4 is 40.1 Å². The first-order chi connectivity index (χ1) is 13.7. The highest BCUT2D eigenvalue weighted by Crippen LogP contribution is 2.27. The van der Waals surface area contributed by atoms with E-state index in [1.54, 1.807) is 20.3 Å². The van der Waals surface area contributed by atoms with E-state index in [1.165, 1.54) is 16.4 Å². The van der Waals surface area contributed by atoms with E-state index in [-0.39, 0.29) is 23.8 Å². The van der Waals surface area contributed by atoms with E-state index in [1.807, 2.05) is 13.0 Å². The Labute approximate surface area is 173 Å². The van der Waals surface area contributed by atoms with Gasteiger partial charge in [-0.05, 0) is 44.3 Å². The van der Waals surface area contributed by atoms with Gasteiger partial charge in [-0.2, -0.15) is 4.37 Å². The number of aryl methyl sites for hydroxylation is 1. The highest BCUT2D eigenvalue weighted by molar-refractivity contribution is 7.10. The number of hydrogen-bond donors (Lipinski definition) is 3. The SMILES string of the molecule is Cc1cc(Nc2nc(N3C[C@@H](NC(=O)N(C)C)CC[C@H]3C)cnc2C(N)=O)sn1. The predicted octanol–water partition coefficient (Wildman–Crippen LogP) is 1.71. The maximum atomic E-state index is 12.0. The molecule has 2 atom stereocenters. The monoisotopic (exact) mass is 418 g/mol. The molecule has 2 aromatic heterocycles. The third-order valence-electron chi connectivity index (χ3n) is 4.77. The number of rotatable bonds is 5. The molecular formula is C18H26N8O2S. The van der Waals surface area contributed by atoms with Gasteiger partial charge < -0.3 is 26.2 Å². The maximum absolute atomic E-state index is 12.0. The molecule has 3 rings (SSSR count). The molecule has 11 heteroatoms. The average molecular weight is 419 g/mol. The van der Waals surface area contributed by atoms with Crippen LogP contribution >= 0.6 is 11.5 Å². The Hall–Kier alpha value is -2.95. The first-order valence-corrected chi connectivity index (χ1v) is 10.1. The van der Waals surface area contributed by atoms with Crippen molar-refractivity contribution in [1.29, 1.82) is 0 Å². The van der Waals surface area contributed by atoms with Crippen LogP contribution in [0, 0.1) is 6.92 Å². The lowest BCUT2D eigenvalue weighted by molar-refractivity contribution is 0.0996. The smallest absolute Gasteiger partial charge is 0.317 e. The minimum absolute atomic E-state index is 0.000674. The molecule has 1 aliphatic heterocycles. The highest BCUT2D eigenvalue weighted by atomic mass is 32.1. The van der Waals surface area contributed by atoms with Crippen LogP contribution < -0.4 is 21.3 Å². The maximum Gasteiger partial charge on any atom is 0.317 e. The number of urea groups is 1. The molecule has 0 bridgehead atoms. The van der Waals surface area contributed by atoms with Crippen LogP contribution in [0.3, 0.4) is 0 Å². The van der Waals surface area contributed by atoms with Crippen molar-refractivity contribution in [3.05, 3.63) is 23.7 Å². The van der Waals surface area contributed by atoms with Crippen LogP contribution in [0.2, 0.25) is 0 Å². The minimum Gasteiger partial charge on any atom is -0.364 e. The second kappa shape index (κ2) is 8.60. The summed E-state index contributed by atoms with van der Waals surface area (Å²) in [7, 11) is 3.43. The predicted molar refractivity (Wildman–Crippen MR) is 113 cm³/mol. The molecule has 1 saturated heterocycles. The molecule has 4 N–H and O–H groups in total. The molecule has 2 aromatic rings. The van der Waals surface area contributed by atoms with Gasteiger partial charge in [-0.1, -0.05) is 0 Å². The van der Waals surface area contributed by atoms with Crippen molar-refractivity contribution in [2.75, 3.05) is 30.9 Å². The second-order valence-corrected chi connectivity index (χ2v) is 8.17. The normalized spacial score (nSPS) is 19.0. The summed E-state index contributed by atoms with van der Waals surface area (Å²) in [4.78, 5) is 36.3. The standard InChI is InChI=1S/C18H26N8O2S/c1-10-7-14(29-24-10)23-17-15(16(19)27)20-8-13(22-17)26-9-12(6-5-11(26)2)21-18(28)25(3)4/h7-8,11-12H,5-6,9H2,1-4H3,(H2,19,27)(H,21,28)(H,22,23)/t11-,12+/m1/s1. The zero-order valence-electron chi connectivity index (χ0n) is 17.0. The Morgan fingerprint density at radius 1 is 1.34 bits per heavy atom. The van der Waals surface area contributed by atoms with E-state index in [0.29, 0.717) is 18.2 Å². The fraction of sp³-hybridized carbons (Fsp3) is 0.500. The molecule has 0 unspecified atom stereocenters. The highest BCUT2D eigenvalue weighted by Gasteiger charge is 2.29. The zero-order valence-corrected chi connectivity index (χ0v) is 17.8. The number of nitrogens with zero attached hydrogens (tertiary/aromatic N) is 5. The summed E-state index contributed by atoms with van der Waals surface area (Å²) in [5.74, 6) is 0.260. The van der Waals surface area contributed by atoms with Crippen LogP contribution in [0.25, 0.3) is 0 Å². The number of carbonyl (C=O) groups is 2. The minimum atomic E-state index is -0.657. The molecule has 3 amide bonds. The number of nitrogens with one attached hydrogen (secondary N) is 2. The molecule has 156 valence electrons. The number of piperidine rings is 1. The van der Waals surface area contributed by atoms with Crippen LogP contribution in [-0.2, 0) is 0 Å². The summed E-state index contributed by atoms with van der Waals surface area (Å²) in [6, 6.07) is 1.96. The quantitative estimate of drug-likeness (QED) is 0.674. The Morgan fingerprint density at radius 3 is 2.72 bits per heavy atom. The van der Waals surface area contributed by atoms with Crippen LogP contribution in [0.4, 0.5) is 21.4 Å². The van der Waals surface area contributed by atoms with Gasteiger partial charge in [0.1, 0.15) is 10.8 Å². The van der Waals surface area contributed by atoms with Crippen LogP contribution in [0.5, 0.6) is 0 Å². The lowest BCUT2D eigenvalue weighted by Gasteiger charge is -2.39. The summed E-state index contributed by atoms with van der Waals surface area (Å²) in [5.41, 5.74) is 6.41. The summed E-state index contributed by atoms with van der Waals surface area (Å²) in [6.07, 6.45) is 3.33. The zero-order chi connectivity index (χ0) is 21.1. The van der Waals surface area contributed by atoms with E-state index in [2.05, 4.69) is 36.8 Å². The Morgan fingerprint density at radius 2 is 2.10 bits per heavy atom. The molecule has 3 heterocycles. The van der Waals surface area contributed by atoms with Crippen molar-refractivity contribution in [3.63, 3.8) is 0 Å². The fourth-order valence-electron chi connectivity index (χ4n) is 3.17. The summed E-state index contributed by atoms with van der Waals surface area (Å²) < 4.78 is 4.22. The van der Waals surface area contributed by atoms with E-state index >= 15 is 0 Å². The van der Waals surface area contributed by atoms with E-state index in [9.17, 15) is 9.59 Å². The van der Waals surface area contributed by atoms with Gasteiger partial charge in [0.05, 0.1) is 11.9 Å². The number of carbonyl (C=O) groups excluding carboxylic acids is 2. The van der Waals surface area contributed by atoms with Crippen LogP contribution in [0.1, 0.15) is 35.9 Å². The number of aromatic nitrogens is 3. The van der Waals surface area contributed by atoms with Crippen molar-refractivity contribution in [1.82, 2.24) is 24.6 Å². The summed E-state index contributed by atoms with van der Waals surface area (Å²) in [5, 5.41) is 6.88. The first kappa shape index (κ1) is 20.8. The average Bonchev–Trinajstić information content (AvgIpc) is 3.07.